The lowest BCUT2D eigenvalue weighted by Crippen LogP contribution is -2.42. The third-order valence-electron chi connectivity index (χ3n) is 2.89. The SMILES string of the molecule is C[C@H]1C[C@H](C)CN(C(=O)c2cccs2)C1. The number of amides is 1. The van der Waals surface area contributed by atoms with Crippen LogP contribution < -0.4 is 0 Å². The van der Waals surface area contributed by atoms with E-state index in [9.17, 15) is 4.79 Å². The fourth-order valence-corrected chi connectivity index (χ4v) is 3.08. The second-order valence-corrected chi connectivity index (χ2v) is 5.58. The minimum Gasteiger partial charge on any atom is -0.337 e. The number of thiophene rings is 1. The lowest BCUT2D eigenvalue weighted by atomic mass is 9.92. The fourth-order valence-electron chi connectivity index (χ4n) is 2.38. The molecule has 0 unspecified atom stereocenters. The zero-order chi connectivity index (χ0) is 10.8. The molecule has 2 rings (SSSR count). The van der Waals surface area contributed by atoms with Crippen LogP contribution >= 0.6 is 11.3 Å². The fraction of sp³-hybridized carbons (Fsp3) is 0.583. The molecule has 82 valence electrons. The summed E-state index contributed by atoms with van der Waals surface area (Å²) < 4.78 is 0. The van der Waals surface area contributed by atoms with Crippen molar-refractivity contribution < 1.29 is 4.79 Å². The van der Waals surface area contributed by atoms with E-state index in [0.717, 1.165) is 18.0 Å². The van der Waals surface area contributed by atoms with E-state index in [4.69, 9.17) is 0 Å². The summed E-state index contributed by atoms with van der Waals surface area (Å²) in [6.07, 6.45) is 1.24. The predicted octanol–water partition coefficient (Wildman–Crippen LogP) is 2.87. The van der Waals surface area contributed by atoms with Gasteiger partial charge in [0.25, 0.3) is 5.91 Å². The molecule has 0 bridgehead atoms. The van der Waals surface area contributed by atoms with Gasteiger partial charge in [-0.2, -0.15) is 0 Å². The Labute approximate surface area is 94.9 Å². The average molecular weight is 223 g/mol. The van der Waals surface area contributed by atoms with Gasteiger partial charge in [-0.3, -0.25) is 4.79 Å². The van der Waals surface area contributed by atoms with Crippen LogP contribution in [0.4, 0.5) is 0 Å². The third kappa shape index (κ3) is 2.40. The minimum absolute atomic E-state index is 0.211. The second kappa shape index (κ2) is 4.35. The molecule has 0 aromatic carbocycles. The van der Waals surface area contributed by atoms with E-state index in [0.29, 0.717) is 11.8 Å². The van der Waals surface area contributed by atoms with Crippen LogP contribution in [-0.2, 0) is 0 Å². The second-order valence-electron chi connectivity index (χ2n) is 4.63. The highest BCUT2D eigenvalue weighted by Crippen LogP contribution is 2.23. The Bertz CT molecular complexity index is 323. The maximum Gasteiger partial charge on any atom is 0.263 e. The van der Waals surface area contributed by atoms with Crippen LogP contribution in [0.3, 0.4) is 0 Å². The Hall–Kier alpha value is -0.830. The van der Waals surface area contributed by atoms with Crippen LogP contribution in [0.1, 0.15) is 29.9 Å². The van der Waals surface area contributed by atoms with Gasteiger partial charge in [0.1, 0.15) is 0 Å². The van der Waals surface area contributed by atoms with Crippen LogP contribution in [0, 0.1) is 11.8 Å². The van der Waals surface area contributed by atoms with Crippen molar-refractivity contribution in [2.75, 3.05) is 13.1 Å². The highest BCUT2D eigenvalue weighted by Gasteiger charge is 2.26. The topological polar surface area (TPSA) is 20.3 Å². The quantitative estimate of drug-likeness (QED) is 0.717. The van der Waals surface area contributed by atoms with E-state index in [2.05, 4.69) is 13.8 Å². The molecule has 1 aromatic rings. The first-order chi connectivity index (χ1) is 7.16. The summed E-state index contributed by atoms with van der Waals surface area (Å²) in [4.78, 5) is 15.0. The average Bonchev–Trinajstić information content (AvgIpc) is 2.67. The summed E-state index contributed by atoms with van der Waals surface area (Å²) in [5.74, 6) is 1.48. The number of hydrogen-bond donors (Lipinski definition) is 0. The smallest absolute Gasteiger partial charge is 0.263 e. The van der Waals surface area contributed by atoms with Gasteiger partial charge in [-0.25, -0.2) is 0 Å². The Balaban J connectivity index is 2.07. The third-order valence-corrected chi connectivity index (χ3v) is 3.75. The zero-order valence-electron chi connectivity index (χ0n) is 9.27. The molecule has 2 atom stereocenters. The van der Waals surface area contributed by atoms with Crippen molar-refractivity contribution in [1.82, 2.24) is 4.90 Å². The first-order valence-electron chi connectivity index (χ1n) is 5.49. The molecular weight excluding hydrogens is 206 g/mol. The molecule has 2 nitrogen and oxygen atoms in total. The van der Waals surface area contributed by atoms with Gasteiger partial charge in [0.15, 0.2) is 0 Å². The maximum absolute atomic E-state index is 12.1. The van der Waals surface area contributed by atoms with E-state index >= 15 is 0 Å². The molecule has 0 N–H and O–H groups in total. The number of piperidine rings is 1. The van der Waals surface area contributed by atoms with Crippen molar-refractivity contribution in [2.24, 2.45) is 11.8 Å². The minimum atomic E-state index is 0.211. The van der Waals surface area contributed by atoms with Gasteiger partial charge in [-0.15, -0.1) is 11.3 Å². The van der Waals surface area contributed by atoms with Gasteiger partial charge in [-0.05, 0) is 29.7 Å². The molecular formula is C12H17NOS. The van der Waals surface area contributed by atoms with Crippen LogP contribution in [0.2, 0.25) is 0 Å². The van der Waals surface area contributed by atoms with E-state index in [1.807, 2.05) is 22.4 Å². The lowest BCUT2D eigenvalue weighted by molar-refractivity contribution is 0.0628. The van der Waals surface area contributed by atoms with Crippen molar-refractivity contribution in [3.8, 4) is 0 Å². The molecule has 15 heavy (non-hydrogen) atoms. The lowest BCUT2D eigenvalue weighted by Gasteiger charge is -2.34. The Morgan fingerprint density at radius 3 is 2.60 bits per heavy atom. The maximum atomic E-state index is 12.1. The van der Waals surface area contributed by atoms with Gasteiger partial charge < -0.3 is 4.90 Å². The summed E-state index contributed by atoms with van der Waals surface area (Å²) in [7, 11) is 0. The van der Waals surface area contributed by atoms with Crippen molar-refractivity contribution in [3.05, 3.63) is 22.4 Å². The number of carbonyl (C=O) groups excluding carboxylic acids is 1. The highest BCUT2D eigenvalue weighted by molar-refractivity contribution is 7.12. The summed E-state index contributed by atoms with van der Waals surface area (Å²) >= 11 is 1.54. The molecule has 1 saturated heterocycles. The monoisotopic (exact) mass is 223 g/mol. The van der Waals surface area contributed by atoms with Crippen molar-refractivity contribution in [2.45, 2.75) is 20.3 Å². The molecule has 0 aliphatic carbocycles. The van der Waals surface area contributed by atoms with Gasteiger partial charge in [0, 0.05) is 13.1 Å². The Morgan fingerprint density at radius 2 is 2.07 bits per heavy atom. The van der Waals surface area contributed by atoms with Gasteiger partial charge in [-0.1, -0.05) is 19.9 Å². The largest absolute Gasteiger partial charge is 0.337 e. The normalized spacial score (nSPS) is 26.7. The summed E-state index contributed by atoms with van der Waals surface area (Å²) in [6, 6.07) is 3.85. The van der Waals surface area contributed by atoms with Crippen LogP contribution in [-0.4, -0.2) is 23.9 Å². The first kappa shape index (κ1) is 10.7. The van der Waals surface area contributed by atoms with E-state index < -0.39 is 0 Å². The molecule has 2 heterocycles. The van der Waals surface area contributed by atoms with Gasteiger partial charge >= 0.3 is 0 Å². The molecule has 1 amide bonds. The molecule has 1 aromatic heterocycles. The Morgan fingerprint density at radius 1 is 1.40 bits per heavy atom. The van der Waals surface area contributed by atoms with Crippen LogP contribution in [0.15, 0.2) is 17.5 Å². The molecule has 0 spiro atoms. The molecule has 1 aliphatic rings. The number of likely N-dealkylation sites (tertiary alicyclic amines) is 1. The molecule has 1 aliphatic heterocycles. The zero-order valence-corrected chi connectivity index (χ0v) is 10.1. The first-order valence-corrected chi connectivity index (χ1v) is 6.37. The van der Waals surface area contributed by atoms with Crippen LogP contribution in [0.25, 0.3) is 0 Å². The number of carbonyl (C=O) groups is 1. The number of rotatable bonds is 1. The standard InChI is InChI=1S/C12H17NOS/c1-9-6-10(2)8-13(7-9)12(14)11-4-3-5-15-11/h3-5,9-10H,6-8H2,1-2H3/t9-,10-/m0/s1. The number of hydrogen-bond acceptors (Lipinski definition) is 2. The van der Waals surface area contributed by atoms with E-state index in [1.54, 1.807) is 0 Å². The van der Waals surface area contributed by atoms with Crippen molar-refractivity contribution >= 4 is 17.2 Å². The van der Waals surface area contributed by atoms with E-state index in [1.165, 1.54) is 17.8 Å². The summed E-state index contributed by atoms with van der Waals surface area (Å²) in [6.45, 7) is 6.29. The molecule has 0 saturated carbocycles. The van der Waals surface area contributed by atoms with Crippen molar-refractivity contribution in [3.63, 3.8) is 0 Å². The Kier molecular flexibility index (Phi) is 3.10. The number of nitrogens with zero attached hydrogens (tertiary/aromatic N) is 1. The molecule has 3 heteroatoms. The molecule has 1 fully saturated rings. The van der Waals surface area contributed by atoms with Gasteiger partial charge in [0.2, 0.25) is 0 Å². The van der Waals surface area contributed by atoms with E-state index in [-0.39, 0.29) is 5.91 Å². The van der Waals surface area contributed by atoms with Gasteiger partial charge in [0.05, 0.1) is 4.88 Å². The highest BCUT2D eigenvalue weighted by atomic mass is 32.1. The molecule has 0 radical (unpaired) electrons. The summed E-state index contributed by atoms with van der Waals surface area (Å²) in [5.41, 5.74) is 0. The summed E-state index contributed by atoms with van der Waals surface area (Å²) in [5, 5.41) is 1.96. The van der Waals surface area contributed by atoms with Crippen LogP contribution in [0.5, 0.6) is 0 Å². The predicted molar refractivity (Wildman–Crippen MR) is 63.2 cm³/mol. The van der Waals surface area contributed by atoms with Crippen molar-refractivity contribution in [1.29, 1.82) is 0 Å².